The van der Waals surface area contributed by atoms with Crippen LogP contribution in [-0.2, 0) is 16.0 Å². The fourth-order valence-electron chi connectivity index (χ4n) is 4.66. The number of hydrogen-bond donors (Lipinski definition) is 2. The molecule has 4 aromatic rings. The highest BCUT2D eigenvalue weighted by atomic mass is 35.5. The van der Waals surface area contributed by atoms with Crippen molar-refractivity contribution in [3.63, 3.8) is 0 Å². The summed E-state index contributed by atoms with van der Waals surface area (Å²) < 4.78 is 10.7. The van der Waals surface area contributed by atoms with Gasteiger partial charge in [0.2, 0.25) is 11.8 Å². The SMILES string of the molecule is Cc1ncc(-c2ccc(N3CCC(=O)N(CC(=O)NCCc4c[nH]c5ccccc45)CC3)cc2OCl)o1. The van der Waals surface area contributed by atoms with Crippen molar-refractivity contribution in [1.82, 2.24) is 20.2 Å². The number of H-pyrrole nitrogens is 1. The van der Waals surface area contributed by atoms with Crippen LogP contribution in [0.3, 0.4) is 0 Å². The van der Waals surface area contributed by atoms with E-state index in [1.807, 2.05) is 42.6 Å². The van der Waals surface area contributed by atoms with Gasteiger partial charge in [-0.3, -0.25) is 9.59 Å². The fourth-order valence-corrected chi connectivity index (χ4v) is 4.79. The largest absolute Gasteiger partial charge is 0.441 e. The molecule has 1 aliphatic rings. The standard InChI is InChI=1S/C27H28ClN5O4/c1-18-30-16-25(36-18)22-7-6-20(14-24(22)37-28)32-11-9-27(35)33(13-12-32)17-26(34)29-10-8-19-15-31-23-5-3-2-4-21(19)23/h2-7,14-16,31H,8-13,17H2,1H3,(H,29,34). The lowest BCUT2D eigenvalue weighted by Crippen LogP contribution is -2.42. The van der Waals surface area contributed by atoms with Crippen LogP contribution in [0.2, 0.25) is 0 Å². The maximum atomic E-state index is 12.7. The minimum Gasteiger partial charge on any atom is -0.441 e. The lowest BCUT2D eigenvalue weighted by Gasteiger charge is -2.24. The summed E-state index contributed by atoms with van der Waals surface area (Å²) >= 11 is 5.75. The monoisotopic (exact) mass is 521 g/mol. The number of rotatable bonds is 8. The van der Waals surface area contributed by atoms with Crippen LogP contribution >= 0.6 is 11.9 Å². The third-order valence-corrected chi connectivity index (χ3v) is 6.78. The summed E-state index contributed by atoms with van der Waals surface area (Å²) in [7, 11) is 0. The number of halogens is 1. The lowest BCUT2D eigenvalue weighted by molar-refractivity contribution is -0.135. The predicted octanol–water partition coefficient (Wildman–Crippen LogP) is 4.06. The summed E-state index contributed by atoms with van der Waals surface area (Å²) in [5.41, 5.74) is 3.79. The lowest BCUT2D eigenvalue weighted by atomic mass is 10.1. The van der Waals surface area contributed by atoms with E-state index in [0.717, 1.165) is 22.2 Å². The first-order valence-electron chi connectivity index (χ1n) is 12.2. The Morgan fingerprint density at radius 2 is 2.08 bits per heavy atom. The number of aryl methyl sites for hydroxylation is 1. The van der Waals surface area contributed by atoms with Gasteiger partial charge in [-0.05, 0) is 30.2 Å². The first kappa shape index (κ1) is 24.7. The summed E-state index contributed by atoms with van der Waals surface area (Å²) in [4.78, 5) is 36.4. The van der Waals surface area contributed by atoms with Crippen LogP contribution in [0.25, 0.3) is 22.2 Å². The number of hydrogen-bond acceptors (Lipinski definition) is 6. The third-order valence-electron chi connectivity index (χ3n) is 6.61. The maximum absolute atomic E-state index is 12.7. The number of para-hydroxylation sites is 1. The first-order chi connectivity index (χ1) is 18.0. The predicted molar refractivity (Wildman–Crippen MR) is 142 cm³/mol. The third kappa shape index (κ3) is 5.56. The van der Waals surface area contributed by atoms with Crippen LogP contribution < -0.4 is 14.5 Å². The number of carbonyl (C=O) groups excluding carboxylic acids is 2. The van der Waals surface area contributed by atoms with Gasteiger partial charge in [-0.25, -0.2) is 4.98 Å². The van der Waals surface area contributed by atoms with Crippen molar-refractivity contribution in [2.45, 2.75) is 19.8 Å². The van der Waals surface area contributed by atoms with Gasteiger partial charge in [0.25, 0.3) is 0 Å². The van der Waals surface area contributed by atoms with Crippen LogP contribution in [0.15, 0.2) is 59.3 Å². The Labute approximate surface area is 219 Å². The Balaban J connectivity index is 1.16. The molecule has 192 valence electrons. The van der Waals surface area contributed by atoms with E-state index >= 15 is 0 Å². The molecule has 2 N–H and O–H groups in total. The van der Waals surface area contributed by atoms with Gasteiger partial charge in [0.05, 0.1) is 18.3 Å². The number of fused-ring (bicyclic) bond motifs is 1. The minimum absolute atomic E-state index is 0.0420. The molecule has 37 heavy (non-hydrogen) atoms. The van der Waals surface area contributed by atoms with E-state index in [-0.39, 0.29) is 18.4 Å². The fraction of sp³-hybridized carbons (Fsp3) is 0.296. The molecule has 3 heterocycles. The zero-order chi connectivity index (χ0) is 25.8. The van der Waals surface area contributed by atoms with Crippen molar-refractivity contribution in [2.75, 3.05) is 37.6 Å². The van der Waals surface area contributed by atoms with Gasteiger partial charge < -0.3 is 28.8 Å². The molecule has 0 spiro atoms. The average Bonchev–Trinajstić information content (AvgIpc) is 3.48. The molecule has 1 saturated heterocycles. The van der Waals surface area contributed by atoms with Crippen LogP contribution in [0, 0.1) is 6.92 Å². The summed E-state index contributed by atoms with van der Waals surface area (Å²) in [5, 5.41) is 4.11. The molecule has 10 heteroatoms. The number of carbonyl (C=O) groups is 2. The molecular weight excluding hydrogens is 494 g/mol. The van der Waals surface area contributed by atoms with Gasteiger partial charge in [0.15, 0.2) is 17.4 Å². The van der Waals surface area contributed by atoms with Crippen molar-refractivity contribution in [2.24, 2.45) is 0 Å². The van der Waals surface area contributed by atoms with Crippen molar-refractivity contribution < 1.29 is 18.3 Å². The molecule has 1 fully saturated rings. The Morgan fingerprint density at radius 3 is 2.89 bits per heavy atom. The Morgan fingerprint density at radius 1 is 1.22 bits per heavy atom. The van der Waals surface area contributed by atoms with Crippen molar-refractivity contribution >= 4 is 40.3 Å². The van der Waals surface area contributed by atoms with Crippen LogP contribution in [-0.4, -0.2) is 59.4 Å². The summed E-state index contributed by atoms with van der Waals surface area (Å²) in [6, 6.07) is 13.7. The molecule has 0 radical (unpaired) electrons. The van der Waals surface area contributed by atoms with Gasteiger partial charge in [-0.2, -0.15) is 0 Å². The number of nitrogens with one attached hydrogen (secondary N) is 2. The quantitative estimate of drug-likeness (QED) is 0.362. The molecule has 2 amide bonds. The van der Waals surface area contributed by atoms with Gasteiger partial charge in [0, 0.05) is 68.4 Å². The number of anilines is 1. The minimum atomic E-state index is -0.161. The van der Waals surface area contributed by atoms with Crippen LogP contribution in [0.5, 0.6) is 5.75 Å². The van der Waals surface area contributed by atoms with E-state index in [0.29, 0.717) is 62.0 Å². The van der Waals surface area contributed by atoms with Gasteiger partial charge in [0.1, 0.15) is 11.9 Å². The number of oxazole rings is 1. The number of aromatic nitrogens is 2. The number of amides is 2. The molecule has 0 unspecified atom stereocenters. The smallest absolute Gasteiger partial charge is 0.239 e. The van der Waals surface area contributed by atoms with Crippen molar-refractivity contribution in [3.05, 3.63) is 66.3 Å². The van der Waals surface area contributed by atoms with Crippen molar-refractivity contribution in [1.29, 1.82) is 0 Å². The average molecular weight is 522 g/mol. The van der Waals surface area contributed by atoms with E-state index in [1.165, 1.54) is 0 Å². The molecule has 5 rings (SSSR count). The van der Waals surface area contributed by atoms with Gasteiger partial charge in [-0.1, -0.05) is 18.2 Å². The highest BCUT2D eigenvalue weighted by Gasteiger charge is 2.24. The van der Waals surface area contributed by atoms with E-state index < -0.39 is 0 Å². The second-order valence-electron chi connectivity index (χ2n) is 9.01. The molecule has 0 bridgehead atoms. The molecule has 0 saturated carbocycles. The zero-order valence-electron chi connectivity index (χ0n) is 20.5. The molecule has 1 aliphatic heterocycles. The summed E-state index contributed by atoms with van der Waals surface area (Å²) in [6.07, 6.45) is 4.62. The zero-order valence-corrected chi connectivity index (χ0v) is 21.3. The molecule has 2 aromatic heterocycles. The topological polar surface area (TPSA) is 104 Å². The number of nitrogens with zero attached hydrogens (tertiary/aromatic N) is 3. The number of benzene rings is 2. The van der Waals surface area contributed by atoms with Crippen molar-refractivity contribution in [3.8, 4) is 17.1 Å². The summed E-state index contributed by atoms with van der Waals surface area (Å²) in [5.74, 6) is 1.35. The van der Waals surface area contributed by atoms with E-state index in [1.54, 1.807) is 18.0 Å². The van der Waals surface area contributed by atoms with Crippen LogP contribution in [0.4, 0.5) is 5.69 Å². The number of aromatic amines is 1. The molecule has 0 aliphatic carbocycles. The highest BCUT2D eigenvalue weighted by molar-refractivity contribution is 6.09. The van der Waals surface area contributed by atoms with Crippen LogP contribution in [0.1, 0.15) is 17.9 Å². The maximum Gasteiger partial charge on any atom is 0.239 e. The van der Waals surface area contributed by atoms with E-state index in [4.69, 9.17) is 20.6 Å². The normalized spacial score (nSPS) is 14.2. The first-order valence-corrected chi connectivity index (χ1v) is 12.5. The highest BCUT2D eigenvalue weighted by Crippen LogP contribution is 2.35. The second-order valence-corrected chi connectivity index (χ2v) is 9.17. The molecule has 0 atom stereocenters. The molecule has 9 nitrogen and oxygen atoms in total. The van der Waals surface area contributed by atoms with Gasteiger partial charge >= 0.3 is 0 Å². The Kier molecular flexibility index (Phi) is 7.32. The molecule has 2 aromatic carbocycles. The molecular formula is C27H28ClN5O4. The Hall–Kier alpha value is -3.98. The Bertz CT molecular complexity index is 1410. The summed E-state index contributed by atoms with van der Waals surface area (Å²) in [6.45, 7) is 3.86. The second kappa shape index (κ2) is 11.0. The van der Waals surface area contributed by atoms with Gasteiger partial charge in [-0.15, -0.1) is 0 Å². The van der Waals surface area contributed by atoms with E-state index in [9.17, 15) is 9.59 Å². The van der Waals surface area contributed by atoms with E-state index in [2.05, 4.69) is 26.3 Å².